The van der Waals surface area contributed by atoms with E-state index in [1.807, 2.05) is 65.4 Å². The van der Waals surface area contributed by atoms with Crippen LogP contribution in [0, 0.1) is 12.3 Å². The van der Waals surface area contributed by atoms with Gasteiger partial charge in [-0.05, 0) is 18.1 Å². The standard InChI is InChI=1S/C21H19N3O/c1-2-14-24-16-18(19-10-6-7-11-20(19)24)15-22-23-21(25)13-12-17-8-4-3-5-9-17/h1,3-11,15-16H,12-14H2,(H,23,25)/b22-15-. The van der Waals surface area contributed by atoms with Gasteiger partial charge in [0.15, 0.2) is 0 Å². The highest BCUT2D eigenvalue weighted by Gasteiger charge is 2.06. The molecule has 0 spiro atoms. The third-order valence-electron chi connectivity index (χ3n) is 3.96. The molecule has 0 bridgehead atoms. The number of carbonyl (C=O) groups is 1. The number of hydrogen-bond acceptors (Lipinski definition) is 2. The van der Waals surface area contributed by atoms with Crippen LogP contribution in [0.4, 0.5) is 0 Å². The van der Waals surface area contributed by atoms with E-state index in [1.165, 1.54) is 0 Å². The van der Waals surface area contributed by atoms with Gasteiger partial charge in [-0.15, -0.1) is 6.42 Å². The highest BCUT2D eigenvalue weighted by Crippen LogP contribution is 2.19. The second kappa shape index (κ2) is 7.98. The number of hydrazone groups is 1. The van der Waals surface area contributed by atoms with Crippen LogP contribution in [-0.2, 0) is 17.8 Å². The van der Waals surface area contributed by atoms with Gasteiger partial charge >= 0.3 is 0 Å². The minimum atomic E-state index is -0.104. The monoisotopic (exact) mass is 329 g/mol. The number of para-hydroxylation sites is 1. The van der Waals surface area contributed by atoms with Crippen LogP contribution < -0.4 is 5.43 Å². The van der Waals surface area contributed by atoms with Crippen molar-refractivity contribution in [3.63, 3.8) is 0 Å². The second-order valence-electron chi connectivity index (χ2n) is 5.71. The van der Waals surface area contributed by atoms with Gasteiger partial charge in [0.1, 0.15) is 0 Å². The fourth-order valence-electron chi connectivity index (χ4n) is 2.74. The van der Waals surface area contributed by atoms with Crippen molar-refractivity contribution in [2.24, 2.45) is 5.10 Å². The average molecular weight is 329 g/mol. The molecule has 3 rings (SSSR count). The van der Waals surface area contributed by atoms with Crippen molar-refractivity contribution in [1.82, 2.24) is 9.99 Å². The molecule has 0 aliphatic heterocycles. The number of terminal acetylenes is 1. The zero-order chi connectivity index (χ0) is 17.5. The van der Waals surface area contributed by atoms with Gasteiger partial charge in [0.05, 0.1) is 12.8 Å². The third kappa shape index (κ3) is 4.15. The van der Waals surface area contributed by atoms with Crippen LogP contribution in [0.25, 0.3) is 10.9 Å². The lowest BCUT2D eigenvalue weighted by atomic mass is 10.1. The van der Waals surface area contributed by atoms with E-state index >= 15 is 0 Å². The summed E-state index contributed by atoms with van der Waals surface area (Å²) in [6, 6.07) is 17.9. The van der Waals surface area contributed by atoms with E-state index in [-0.39, 0.29) is 5.91 Å². The summed E-state index contributed by atoms with van der Waals surface area (Å²) in [5, 5.41) is 5.14. The van der Waals surface area contributed by atoms with Gasteiger partial charge in [0, 0.05) is 29.1 Å². The molecule has 0 atom stereocenters. The number of nitrogens with one attached hydrogen (secondary N) is 1. The second-order valence-corrected chi connectivity index (χ2v) is 5.71. The third-order valence-corrected chi connectivity index (χ3v) is 3.96. The first-order valence-corrected chi connectivity index (χ1v) is 8.15. The van der Waals surface area contributed by atoms with Crippen molar-refractivity contribution in [1.29, 1.82) is 0 Å². The molecule has 25 heavy (non-hydrogen) atoms. The van der Waals surface area contributed by atoms with Gasteiger partial charge in [-0.1, -0.05) is 54.5 Å². The van der Waals surface area contributed by atoms with Crippen LogP contribution in [0.1, 0.15) is 17.5 Å². The van der Waals surface area contributed by atoms with Crippen LogP contribution >= 0.6 is 0 Å². The number of amides is 1. The summed E-state index contributed by atoms with van der Waals surface area (Å²) in [4.78, 5) is 11.9. The Morgan fingerprint density at radius 2 is 1.92 bits per heavy atom. The lowest BCUT2D eigenvalue weighted by Crippen LogP contribution is -2.17. The predicted octanol–water partition coefficient (Wildman–Crippen LogP) is 3.36. The number of benzene rings is 2. The molecule has 0 aliphatic carbocycles. The molecule has 4 heteroatoms. The quantitative estimate of drug-likeness (QED) is 0.421. The van der Waals surface area contributed by atoms with Gasteiger partial charge in [-0.25, -0.2) is 5.43 Å². The first-order valence-electron chi connectivity index (χ1n) is 8.15. The summed E-state index contributed by atoms with van der Waals surface area (Å²) in [5.41, 5.74) is 5.70. The topological polar surface area (TPSA) is 46.4 Å². The normalized spacial score (nSPS) is 10.8. The average Bonchev–Trinajstić information content (AvgIpc) is 2.99. The maximum absolute atomic E-state index is 11.9. The SMILES string of the molecule is C#CCn1cc(/C=N\NC(=O)CCc2ccccc2)c2ccccc21. The number of rotatable bonds is 6. The minimum Gasteiger partial charge on any atom is -0.335 e. The molecule has 0 radical (unpaired) electrons. The lowest BCUT2D eigenvalue weighted by Gasteiger charge is -2.00. The number of hydrogen-bond donors (Lipinski definition) is 1. The van der Waals surface area contributed by atoms with Crippen molar-refractivity contribution in [2.45, 2.75) is 19.4 Å². The Hall–Kier alpha value is -3.32. The van der Waals surface area contributed by atoms with Crippen molar-refractivity contribution in [2.75, 3.05) is 0 Å². The van der Waals surface area contributed by atoms with Gasteiger partial charge in [-0.2, -0.15) is 5.10 Å². The molecule has 1 heterocycles. The first kappa shape index (κ1) is 16.5. The van der Waals surface area contributed by atoms with Crippen LogP contribution in [-0.4, -0.2) is 16.7 Å². The highest BCUT2D eigenvalue weighted by atomic mass is 16.2. The molecule has 3 aromatic rings. The number of fused-ring (bicyclic) bond motifs is 1. The Kier molecular flexibility index (Phi) is 5.28. The van der Waals surface area contributed by atoms with Gasteiger partial charge in [-0.3, -0.25) is 4.79 Å². The fourth-order valence-corrected chi connectivity index (χ4v) is 2.74. The molecule has 0 saturated heterocycles. The zero-order valence-corrected chi connectivity index (χ0v) is 13.9. The summed E-state index contributed by atoms with van der Waals surface area (Å²) in [6.07, 6.45) is 10.1. The molecule has 1 aromatic heterocycles. The summed E-state index contributed by atoms with van der Waals surface area (Å²) >= 11 is 0. The van der Waals surface area contributed by atoms with E-state index in [4.69, 9.17) is 6.42 Å². The van der Waals surface area contributed by atoms with Crippen molar-refractivity contribution in [3.8, 4) is 12.3 Å². The van der Waals surface area contributed by atoms with Gasteiger partial charge in [0.25, 0.3) is 0 Å². The highest BCUT2D eigenvalue weighted by molar-refractivity contribution is 5.99. The van der Waals surface area contributed by atoms with Crippen LogP contribution in [0.5, 0.6) is 0 Å². The maximum atomic E-state index is 11.9. The molecule has 1 N–H and O–H groups in total. The van der Waals surface area contributed by atoms with E-state index in [2.05, 4.69) is 16.4 Å². The molecule has 124 valence electrons. The van der Waals surface area contributed by atoms with E-state index in [0.717, 1.165) is 22.0 Å². The Bertz CT molecular complexity index is 933. The molecular formula is C21H19N3O. The number of carbonyl (C=O) groups excluding carboxylic acids is 1. The summed E-state index contributed by atoms with van der Waals surface area (Å²) < 4.78 is 1.99. The molecule has 1 amide bonds. The van der Waals surface area contributed by atoms with Crippen LogP contribution in [0.15, 0.2) is 65.9 Å². The summed E-state index contributed by atoms with van der Waals surface area (Å²) in [7, 11) is 0. The molecule has 0 saturated carbocycles. The van der Waals surface area contributed by atoms with E-state index in [1.54, 1.807) is 6.21 Å². The largest absolute Gasteiger partial charge is 0.335 e. The molecule has 2 aromatic carbocycles. The smallest absolute Gasteiger partial charge is 0.240 e. The Labute approximate surface area is 147 Å². The molecular weight excluding hydrogens is 310 g/mol. The maximum Gasteiger partial charge on any atom is 0.240 e. The lowest BCUT2D eigenvalue weighted by molar-refractivity contribution is -0.121. The van der Waals surface area contributed by atoms with Gasteiger partial charge < -0.3 is 4.57 Å². The minimum absolute atomic E-state index is 0.104. The van der Waals surface area contributed by atoms with Crippen LogP contribution in [0.3, 0.4) is 0 Å². The molecule has 0 aliphatic rings. The molecule has 0 unspecified atom stereocenters. The van der Waals surface area contributed by atoms with Crippen LogP contribution in [0.2, 0.25) is 0 Å². The Balaban J connectivity index is 1.63. The van der Waals surface area contributed by atoms with Crippen molar-refractivity contribution < 1.29 is 4.79 Å². The van der Waals surface area contributed by atoms with E-state index in [9.17, 15) is 4.79 Å². The molecule has 4 nitrogen and oxygen atoms in total. The van der Waals surface area contributed by atoms with Crippen molar-refractivity contribution >= 4 is 23.0 Å². The number of aromatic nitrogens is 1. The first-order chi connectivity index (χ1) is 12.3. The van der Waals surface area contributed by atoms with E-state index in [0.29, 0.717) is 19.4 Å². The summed E-state index contributed by atoms with van der Waals surface area (Å²) in [5.74, 6) is 2.54. The number of nitrogens with zero attached hydrogens (tertiary/aromatic N) is 2. The zero-order valence-electron chi connectivity index (χ0n) is 13.9. The van der Waals surface area contributed by atoms with Crippen molar-refractivity contribution in [3.05, 3.63) is 71.9 Å². The summed E-state index contributed by atoms with van der Waals surface area (Å²) in [6.45, 7) is 0.498. The number of aryl methyl sites for hydroxylation is 1. The molecule has 0 fully saturated rings. The Morgan fingerprint density at radius 3 is 2.72 bits per heavy atom. The van der Waals surface area contributed by atoms with E-state index < -0.39 is 0 Å². The fraction of sp³-hybridized carbons (Fsp3) is 0.143. The van der Waals surface area contributed by atoms with Gasteiger partial charge in [0.2, 0.25) is 5.91 Å². The Morgan fingerprint density at radius 1 is 1.16 bits per heavy atom. The predicted molar refractivity (Wildman–Crippen MR) is 101 cm³/mol.